The second-order valence-electron chi connectivity index (χ2n) is 12.6. The Morgan fingerprint density at radius 1 is 0.388 bits per heavy atom. The van der Waals surface area contributed by atoms with Gasteiger partial charge < -0.3 is 9.32 Å². The van der Waals surface area contributed by atoms with E-state index >= 15 is 0 Å². The fraction of sp³-hybridized carbons (Fsp3) is 0. The van der Waals surface area contributed by atoms with E-state index in [1.807, 2.05) is 23.5 Å². The normalized spacial score (nSPS) is 11.7. The van der Waals surface area contributed by atoms with Crippen LogP contribution in [0.2, 0.25) is 0 Å². The van der Waals surface area contributed by atoms with Gasteiger partial charge in [-0.1, -0.05) is 115 Å². The van der Waals surface area contributed by atoms with Crippen LogP contribution in [-0.4, -0.2) is 0 Å². The average Bonchev–Trinajstić information content (AvgIpc) is 3.73. The molecule has 230 valence electrons. The van der Waals surface area contributed by atoms with E-state index in [2.05, 4.69) is 169 Å². The summed E-state index contributed by atoms with van der Waals surface area (Å²) in [6, 6.07) is 63.3. The molecule has 0 aliphatic rings. The van der Waals surface area contributed by atoms with Crippen LogP contribution in [-0.2, 0) is 0 Å². The Balaban J connectivity index is 1.13. The number of para-hydroxylation sites is 2. The minimum absolute atomic E-state index is 0.912. The summed E-state index contributed by atoms with van der Waals surface area (Å²) in [5.74, 6) is 0. The summed E-state index contributed by atoms with van der Waals surface area (Å²) >= 11 is 1.86. The molecule has 0 unspecified atom stereocenters. The molecule has 10 aromatic rings. The number of thiophene rings is 1. The topological polar surface area (TPSA) is 16.4 Å². The van der Waals surface area contributed by atoms with Crippen LogP contribution >= 0.6 is 11.3 Å². The van der Waals surface area contributed by atoms with Crippen molar-refractivity contribution in [3.8, 4) is 22.3 Å². The van der Waals surface area contributed by atoms with Gasteiger partial charge in [0.25, 0.3) is 0 Å². The lowest BCUT2D eigenvalue weighted by atomic mass is 10.0. The van der Waals surface area contributed by atoms with Crippen molar-refractivity contribution in [2.45, 2.75) is 0 Å². The molecule has 0 radical (unpaired) electrons. The van der Waals surface area contributed by atoms with E-state index in [4.69, 9.17) is 4.42 Å². The summed E-state index contributed by atoms with van der Waals surface area (Å²) in [5.41, 5.74) is 9.74. The van der Waals surface area contributed by atoms with Crippen molar-refractivity contribution in [1.29, 1.82) is 0 Å². The maximum absolute atomic E-state index is 6.39. The van der Waals surface area contributed by atoms with Gasteiger partial charge in [-0.05, 0) is 88.1 Å². The second-order valence-corrected chi connectivity index (χ2v) is 13.6. The van der Waals surface area contributed by atoms with Crippen LogP contribution in [0.4, 0.5) is 17.1 Å². The van der Waals surface area contributed by atoms with Crippen molar-refractivity contribution in [2.24, 2.45) is 0 Å². The maximum Gasteiger partial charge on any atom is 0.143 e. The molecule has 0 saturated heterocycles. The number of hydrogen-bond donors (Lipinski definition) is 0. The third-order valence-electron chi connectivity index (χ3n) is 9.63. The SMILES string of the molecule is c1ccc(-c2cccc(N(c3ccc(-c4cccc5c4oc4ccccc45)cc3)c3ccc4cc5sc6ccccc6c5cc4c3)c2)cc1. The Bertz CT molecular complexity index is 2830. The fourth-order valence-electron chi connectivity index (χ4n) is 7.26. The zero-order valence-electron chi connectivity index (χ0n) is 26.5. The smallest absolute Gasteiger partial charge is 0.143 e. The third-order valence-corrected chi connectivity index (χ3v) is 10.8. The van der Waals surface area contributed by atoms with Crippen LogP contribution in [0.5, 0.6) is 0 Å². The zero-order valence-corrected chi connectivity index (χ0v) is 27.3. The molecule has 0 aliphatic heterocycles. The molecule has 2 aromatic heterocycles. The average molecular weight is 644 g/mol. The number of nitrogens with zero attached hydrogens (tertiary/aromatic N) is 1. The van der Waals surface area contributed by atoms with Crippen molar-refractivity contribution < 1.29 is 4.42 Å². The van der Waals surface area contributed by atoms with E-state index in [9.17, 15) is 0 Å². The van der Waals surface area contributed by atoms with Gasteiger partial charge in [-0.25, -0.2) is 0 Å². The lowest BCUT2D eigenvalue weighted by Crippen LogP contribution is -2.10. The number of rotatable bonds is 5. The monoisotopic (exact) mass is 643 g/mol. The molecular weight excluding hydrogens is 615 g/mol. The summed E-state index contributed by atoms with van der Waals surface area (Å²) in [6.07, 6.45) is 0. The third kappa shape index (κ3) is 4.70. The Kier molecular flexibility index (Phi) is 6.39. The predicted molar refractivity (Wildman–Crippen MR) is 210 cm³/mol. The quantitative estimate of drug-likeness (QED) is 0.186. The highest BCUT2D eigenvalue weighted by Crippen LogP contribution is 2.42. The number of furan rings is 1. The largest absolute Gasteiger partial charge is 0.455 e. The summed E-state index contributed by atoms with van der Waals surface area (Å²) in [4.78, 5) is 2.37. The first-order valence-corrected chi connectivity index (χ1v) is 17.4. The molecule has 0 atom stereocenters. The summed E-state index contributed by atoms with van der Waals surface area (Å²) < 4.78 is 9.04. The Morgan fingerprint density at radius 3 is 2.00 bits per heavy atom. The van der Waals surface area contributed by atoms with Crippen molar-refractivity contribution in [3.05, 3.63) is 176 Å². The van der Waals surface area contributed by atoms with Gasteiger partial charge in [0, 0.05) is 53.6 Å². The molecular formula is C46H29NOS. The fourth-order valence-corrected chi connectivity index (χ4v) is 8.40. The highest BCUT2D eigenvalue weighted by Gasteiger charge is 2.17. The molecule has 2 heterocycles. The van der Waals surface area contributed by atoms with Crippen LogP contribution in [0.1, 0.15) is 0 Å². The lowest BCUT2D eigenvalue weighted by molar-refractivity contribution is 0.670. The molecule has 0 fully saturated rings. The molecule has 0 N–H and O–H groups in total. The van der Waals surface area contributed by atoms with Crippen LogP contribution < -0.4 is 4.90 Å². The second kappa shape index (κ2) is 11.2. The van der Waals surface area contributed by atoms with Crippen molar-refractivity contribution in [2.75, 3.05) is 4.90 Å². The lowest BCUT2D eigenvalue weighted by Gasteiger charge is -2.26. The van der Waals surface area contributed by atoms with Gasteiger partial charge in [-0.2, -0.15) is 0 Å². The van der Waals surface area contributed by atoms with Crippen molar-refractivity contribution in [3.63, 3.8) is 0 Å². The minimum atomic E-state index is 0.912. The van der Waals surface area contributed by atoms with Crippen molar-refractivity contribution in [1.82, 2.24) is 0 Å². The van der Waals surface area contributed by atoms with Crippen LogP contribution in [0.25, 0.3) is 75.1 Å². The number of hydrogen-bond acceptors (Lipinski definition) is 3. The number of fused-ring (bicyclic) bond motifs is 7. The Morgan fingerprint density at radius 2 is 1.10 bits per heavy atom. The molecule has 10 rings (SSSR count). The Hall–Kier alpha value is -6.16. The van der Waals surface area contributed by atoms with E-state index < -0.39 is 0 Å². The van der Waals surface area contributed by atoms with Crippen LogP contribution in [0.3, 0.4) is 0 Å². The molecule has 0 bridgehead atoms. The zero-order chi connectivity index (χ0) is 32.3. The van der Waals surface area contributed by atoms with Gasteiger partial charge >= 0.3 is 0 Å². The molecule has 0 aliphatic carbocycles. The van der Waals surface area contributed by atoms with E-state index in [0.717, 1.165) is 50.1 Å². The van der Waals surface area contributed by atoms with Crippen LogP contribution in [0.15, 0.2) is 180 Å². The summed E-state index contributed by atoms with van der Waals surface area (Å²) in [7, 11) is 0. The number of anilines is 3. The molecule has 0 spiro atoms. The highest BCUT2D eigenvalue weighted by atomic mass is 32.1. The maximum atomic E-state index is 6.39. The molecule has 2 nitrogen and oxygen atoms in total. The van der Waals surface area contributed by atoms with E-state index in [1.165, 1.54) is 42.1 Å². The summed E-state index contributed by atoms with van der Waals surface area (Å²) in [5, 5.41) is 7.38. The van der Waals surface area contributed by atoms with E-state index in [1.54, 1.807) is 0 Å². The first kappa shape index (κ1) is 27.9. The molecule has 8 aromatic carbocycles. The molecule has 0 amide bonds. The minimum Gasteiger partial charge on any atom is -0.455 e. The van der Waals surface area contributed by atoms with Gasteiger partial charge in [0.2, 0.25) is 0 Å². The van der Waals surface area contributed by atoms with Gasteiger partial charge in [0.15, 0.2) is 0 Å². The standard InChI is InChI=1S/C46H29NOS/c1-2-10-30(11-3-1)32-12-8-13-36(26-32)47(37-25-22-33-29-45-42(28-34(33)27-37)40-15-5-7-19-44(40)49-45)35-23-20-31(21-24-35)38-16-9-17-41-39-14-4-6-18-43(39)48-46(38)41/h1-29H. The van der Waals surface area contributed by atoms with E-state index in [0.29, 0.717) is 0 Å². The van der Waals surface area contributed by atoms with Crippen LogP contribution in [0, 0.1) is 0 Å². The molecule has 49 heavy (non-hydrogen) atoms. The van der Waals surface area contributed by atoms with E-state index in [-0.39, 0.29) is 0 Å². The van der Waals surface area contributed by atoms with Gasteiger partial charge in [0.1, 0.15) is 11.2 Å². The summed E-state index contributed by atoms with van der Waals surface area (Å²) in [6.45, 7) is 0. The highest BCUT2D eigenvalue weighted by molar-refractivity contribution is 7.25. The first-order valence-electron chi connectivity index (χ1n) is 16.6. The molecule has 0 saturated carbocycles. The molecule has 3 heteroatoms. The van der Waals surface area contributed by atoms with Gasteiger partial charge in [-0.3, -0.25) is 0 Å². The first-order chi connectivity index (χ1) is 24.3. The Labute approximate surface area is 287 Å². The van der Waals surface area contributed by atoms with Crippen molar-refractivity contribution >= 4 is 81.3 Å². The van der Waals surface area contributed by atoms with Gasteiger partial charge in [0.05, 0.1) is 0 Å². The number of benzene rings is 8. The van der Waals surface area contributed by atoms with Gasteiger partial charge in [-0.15, -0.1) is 11.3 Å². The predicted octanol–water partition coefficient (Wildman–Crippen LogP) is 13.9.